The summed E-state index contributed by atoms with van der Waals surface area (Å²) in [6.07, 6.45) is 4.72. The first-order valence-corrected chi connectivity index (χ1v) is 11.1. The third-order valence-electron chi connectivity index (χ3n) is 4.58. The molecule has 2 heterocycles. The lowest BCUT2D eigenvalue weighted by Gasteiger charge is -2.12. The number of sulfonamides is 1. The quantitative estimate of drug-likeness (QED) is 0.489. The van der Waals surface area contributed by atoms with Crippen LogP contribution in [0.3, 0.4) is 0 Å². The number of rotatable bonds is 6. The van der Waals surface area contributed by atoms with Crippen molar-refractivity contribution in [2.45, 2.75) is 6.92 Å². The first-order valence-electron chi connectivity index (χ1n) is 9.17. The van der Waals surface area contributed by atoms with Gasteiger partial charge in [0.25, 0.3) is 0 Å². The van der Waals surface area contributed by atoms with Crippen LogP contribution < -0.4 is 14.8 Å². The number of nitrogens with zero attached hydrogens (tertiary/aromatic N) is 3. The van der Waals surface area contributed by atoms with Crippen LogP contribution in [0.2, 0.25) is 0 Å². The molecule has 0 saturated carbocycles. The molecule has 4 aromatic rings. The highest BCUT2D eigenvalue weighted by Crippen LogP contribution is 2.27. The highest BCUT2D eigenvalue weighted by molar-refractivity contribution is 7.92. The van der Waals surface area contributed by atoms with Gasteiger partial charge in [0.05, 0.1) is 25.2 Å². The third-order valence-corrected chi connectivity index (χ3v) is 5.17. The Hall–Kier alpha value is -3.59. The van der Waals surface area contributed by atoms with E-state index in [2.05, 4.69) is 15.1 Å². The van der Waals surface area contributed by atoms with Crippen LogP contribution in [0.4, 0.5) is 17.2 Å². The molecule has 0 aliphatic rings. The molecule has 2 aromatic carbocycles. The summed E-state index contributed by atoms with van der Waals surface area (Å²) in [6, 6.07) is 15.0. The van der Waals surface area contributed by atoms with Gasteiger partial charge in [-0.3, -0.25) is 4.72 Å². The summed E-state index contributed by atoms with van der Waals surface area (Å²) in [5.41, 5.74) is 4.63. The molecule has 0 amide bonds. The van der Waals surface area contributed by atoms with Crippen LogP contribution in [0, 0.1) is 6.92 Å². The first kappa shape index (κ1) is 19.7. The number of aryl methyl sites for hydroxylation is 1. The standard InChI is InChI=1S/C21H21N5O3S/c1-14-4-7-16(12-19(14)25-30(3,27)28)23-20-10-11-26-21(24-20)18(13-22-26)15-5-8-17(29-2)9-6-15/h4-13,25H,1-3H3,(H,23,24). The third kappa shape index (κ3) is 4.20. The van der Waals surface area contributed by atoms with Crippen molar-refractivity contribution >= 4 is 32.9 Å². The van der Waals surface area contributed by atoms with Crippen LogP contribution >= 0.6 is 0 Å². The predicted octanol–water partition coefficient (Wildman–Crippen LogP) is 3.83. The van der Waals surface area contributed by atoms with Crippen LogP contribution in [0.5, 0.6) is 5.75 Å². The predicted molar refractivity (Wildman–Crippen MR) is 118 cm³/mol. The van der Waals surface area contributed by atoms with Gasteiger partial charge in [-0.25, -0.2) is 17.9 Å². The number of ether oxygens (including phenoxy) is 1. The minimum atomic E-state index is -3.37. The van der Waals surface area contributed by atoms with Crippen LogP contribution in [0.1, 0.15) is 5.56 Å². The number of hydrogen-bond acceptors (Lipinski definition) is 6. The number of hydrogen-bond donors (Lipinski definition) is 2. The van der Waals surface area contributed by atoms with Gasteiger partial charge in [0.2, 0.25) is 10.0 Å². The van der Waals surface area contributed by atoms with E-state index in [1.165, 1.54) is 0 Å². The molecule has 8 nitrogen and oxygen atoms in total. The Labute approximate surface area is 174 Å². The van der Waals surface area contributed by atoms with Gasteiger partial charge < -0.3 is 10.1 Å². The van der Waals surface area contributed by atoms with Crippen molar-refractivity contribution in [1.82, 2.24) is 14.6 Å². The highest BCUT2D eigenvalue weighted by atomic mass is 32.2. The maximum Gasteiger partial charge on any atom is 0.229 e. The molecule has 154 valence electrons. The van der Waals surface area contributed by atoms with E-state index in [-0.39, 0.29) is 0 Å². The molecule has 0 radical (unpaired) electrons. The SMILES string of the molecule is COc1ccc(-c2cnn3ccc(Nc4ccc(C)c(NS(C)(=O)=O)c4)nc23)cc1. The van der Waals surface area contributed by atoms with Crippen molar-refractivity contribution < 1.29 is 13.2 Å². The van der Waals surface area contributed by atoms with Crippen LogP contribution in [-0.2, 0) is 10.0 Å². The number of methoxy groups -OCH3 is 1. The Morgan fingerprint density at radius 3 is 2.53 bits per heavy atom. The molecule has 0 atom stereocenters. The maximum atomic E-state index is 11.6. The Balaban J connectivity index is 1.66. The number of nitrogens with one attached hydrogen (secondary N) is 2. The number of fused-ring (bicyclic) bond motifs is 1. The van der Waals surface area contributed by atoms with Crippen molar-refractivity contribution in [3.8, 4) is 16.9 Å². The molecule has 0 saturated heterocycles. The van der Waals surface area contributed by atoms with E-state index in [9.17, 15) is 8.42 Å². The highest BCUT2D eigenvalue weighted by Gasteiger charge is 2.11. The monoisotopic (exact) mass is 423 g/mol. The lowest BCUT2D eigenvalue weighted by atomic mass is 10.1. The number of aromatic nitrogens is 3. The van der Waals surface area contributed by atoms with E-state index in [1.807, 2.05) is 49.5 Å². The largest absolute Gasteiger partial charge is 0.497 e. The van der Waals surface area contributed by atoms with E-state index in [4.69, 9.17) is 9.72 Å². The smallest absolute Gasteiger partial charge is 0.229 e. The molecule has 4 rings (SSSR count). The van der Waals surface area contributed by atoms with Gasteiger partial charge in [-0.15, -0.1) is 0 Å². The van der Waals surface area contributed by atoms with E-state index in [0.29, 0.717) is 22.8 Å². The Bertz CT molecular complexity index is 1310. The van der Waals surface area contributed by atoms with Gasteiger partial charge in [0.15, 0.2) is 5.65 Å². The summed E-state index contributed by atoms with van der Waals surface area (Å²) in [6.45, 7) is 1.84. The Kier molecular flexibility index (Phi) is 5.04. The van der Waals surface area contributed by atoms with E-state index in [0.717, 1.165) is 28.7 Å². The van der Waals surface area contributed by atoms with E-state index < -0.39 is 10.0 Å². The summed E-state index contributed by atoms with van der Waals surface area (Å²) in [7, 11) is -1.74. The van der Waals surface area contributed by atoms with Crippen molar-refractivity contribution in [2.75, 3.05) is 23.4 Å². The van der Waals surface area contributed by atoms with Gasteiger partial charge in [0.1, 0.15) is 11.6 Å². The van der Waals surface area contributed by atoms with Crippen LogP contribution in [-0.4, -0.2) is 36.4 Å². The fourth-order valence-corrected chi connectivity index (χ4v) is 3.69. The topological polar surface area (TPSA) is 97.6 Å². The summed E-state index contributed by atoms with van der Waals surface area (Å²) < 4.78 is 32.6. The van der Waals surface area contributed by atoms with E-state index in [1.54, 1.807) is 30.0 Å². The molecule has 0 spiro atoms. The van der Waals surface area contributed by atoms with Gasteiger partial charge >= 0.3 is 0 Å². The fraction of sp³-hybridized carbons (Fsp3) is 0.143. The fourth-order valence-electron chi connectivity index (χ4n) is 3.07. The van der Waals surface area contributed by atoms with Gasteiger partial charge in [0, 0.05) is 17.4 Å². The van der Waals surface area contributed by atoms with Crippen molar-refractivity contribution in [3.05, 3.63) is 66.5 Å². The average Bonchev–Trinajstić information content (AvgIpc) is 3.13. The average molecular weight is 423 g/mol. The zero-order chi connectivity index (χ0) is 21.3. The molecule has 0 fully saturated rings. The van der Waals surface area contributed by atoms with Crippen molar-refractivity contribution in [2.24, 2.45) is 0 Å². The lowest BCUT2D eigenvalue weighted by molar-refractivity contribution is 0.415. The maximum absolute atomic E-state index is 11.6. The minimum Gasteiger partial charge on any atom is -0.497 e. The Morgan fingerprint density at radius 2 is 1.83 bits per heavy atom. The molecule has 0 aliphatic carbocycles. The molecule has 9 heteroatoms. The summed E-state index contributed by atoms with van der Waals surface area (Å²) in [5.74, 6) is 1.40. The van der Waals surface area contributed by atoms with Gasteiger partial charge in [-0.2, -0.15) is 5.10 Å². The number of benzene rings is 2. The lowest BCUT2D eigenvalue weighted by Crippen LogP contribution is -2.10. The second kappa shape index (κ2) is 7.68. The normalized spacial score (nSPS) is 11.4. The van der Waals surface area contributed by atoms with Gasteiger partial charge in [-0.1, -0.05) is 18.2 Å². The Morgan fingerprint density at radius 1 is 1.07 bits per heavy atom. The van der Waals surface area contributed by atoms with Crippen LogP contribution in [0.25, 0.3) is 16.8 Å². The zero-order valence-corrected chi connectivity index (χ0v) is 17.6. The zero-order valence-electron chi connectivity index (χ0n) is 16.7. The van der Waals surface area contributed by atoms with Crippen LogP contribution in [0.15, 0.2) is 60.9 Å². The van der Waals surface area contributed by atoms with Gasteiger partial charge in [-0.05, 0) is 48.4 Å². The molecule has 0 bridgehead atoms. The van der Waals surface area contributed by atoms with Crippen molar-refractivity contribution in [3.63, 3.8) is 0 Å². The molecular weight excluding hydrogens is 402 g/mol. The number of anilines is 3. The summed E-state index contributed by atoms with van der Waals surface area (Å²) >= 11 is 0. The second-order valence-corrected chi connectivity index (χ2v) is 8.65. The summed E-state index contributed by atoms with van der Waals surface area (Å²) in [5, 5.41) is 7.60. The summed E-state index contributed by atoms with van der Waals surface area (Å²) in [4.78, 5) is 4.70. The molecule has 2 N–H and O–H groups in total. The second-order valence-electron chi connectivity index (χ2n) is 6.90. The molecule has 2 aromatic heterocycles. The molecule has 30 heavy (non-hydrogen) atoms. The molecule has 0 unspecified atom stereocenters. The first-order chi connectivity index (χ1) is 14.3. The molecule has 0 aliphatic heterocycles. The minimum absolute atomic E-state index is 0.520. The van der Waals surface area contributed by atoms with E-state index >= 15 is 0 Å². The van der Waals surface area contributed by atoms with Crippen molar-refractivity contribution in [1.29, 1.82) is 0 Å². The molecular formula is C21H21N5O3S.